The van der Waals surface area contributed by atoms with E-state index in [1.165, 1.54) is 17.8 Å². The second-order valence-electron chi connectivity index (χ2n) is 4.12. The zero-order valence-electron chi connectivity index (χ0n) is 9.81. The van der Waals surface area contributed by atoms with Gasteiger partial charge in [-0.25, -0.2) is 0 Å². The smallest absolute Gasteiger partial charge is 0.278 e. The Morgan fingerprint density at radius 3 is 3.00 bits per heavy atom. The standard InChI is InChI=1S/C12H11N3O3S/c16-6-8-7-19-12-13-10(5-14(8)12)9-3-1-2-4-11(9)15(17)18/h1-5,7,12-13,16H,6H2/t12-/m0/s1. The number of rotatable bonds is 3. The molecule has 2 N–H and O–H groups in total. The molecule has 0 saturated carbocycles. The minimum Gasteiger partial charge on any atom is -0.390 e. The van der Waals surface area contributed by atoms with Crippen molar-refractivity contribution < 1.29 is 10.0 Å². The second-order valence-corrected chi connectivity index (χ2v) is 5.08. The van der Waals surface area contributed by atoms with E-state index in [2.05, 4.69) is 5.32 Å². The number of aliphatic hydroxyl groups is 1. The Labute approximate surface area is 113 Å². The molecule has 0 bridgehead atoms. The summed E-state index contributed by atoms with van der Waals surface area (Å²) in [4.78, 5) is 12.5. The molecule has 1 aromatic rings. The summed E-state index contributed by atoms with van der Waals surface area (Å²) in [6, 6.07) is 6.61. The maximum Gasteiger partial charge on any atom is 0.278 e. The lowest BCUT2D eigenvalue weighted by Crippen LogP contribution is -2.29. The second kappa shape index (κ2) is 4.60. The first kappa shape index (κ1) is 12.1. The van der Waals surface area contributed by atoms with Gasteiger partial charge < -0.3 is 15.3 Å². The summed E-state index contributed by atoms with van der Waals surface area (Å²) in [6.45, 7) is -0.0498. The summed E-state index contributed by atoms with van der Waals surface area (Å²) >= 11 is 1.53. The Balaban J connectivity index is 1.97. The van der Waals surface area contributed by atoms with Crippen molar-refractivity contribution in [1.82, 2.24) is 10.2 Å². The van der Waals surface area contributed by atoms with Gasteiger partial charge in [0.25, 0.3) is 5.69 Å². The molecule has 3 rings (SSSR count). The molecule has 2 aliphatic rings. The number of benzene rings is 1. The van der Waals surface area contributed by atoms with Gasteiger partial charge in [-0.1, -0.05) is 23.9 Å². The van der Waals surface area contributed by atoms with Gasteiger partial charge in [-0.05, 0) is 11.5 Å². The number of fused-ring (bicyclic) bond motifs is 1. The Morgan fingerprint density at radius 2 is 2.26 bits per heavy atom. The fourth-order valence-corrected chi connectivity index (χ4v) is 3.12. The van der Waals surface area contributed by atoms with E-state index < -0.39 is 4.92 Å². The Kier molecular flexibility index (Phi) is 2.92. The van der Waals surface area contributed by atoms with Gasteiger partial charge in [-0.3, -0.25) is 10.1 Å². The van der Waals surface area contributed by atoms with E-state index in [0.717, 1.165) is 5.70 Å². The molecule has 6 nitrogen and oxygen atoms in total. The van der Waals surface area contributed by atoms with E-state index in [0.29, 0.717) is 11.3 Å². The molecule has 0 saturated heterocycles. The molecule has 2 aliphatic heterocycles. The molecule has 0 amide bonds. The third-order valence-corrected chi connectivity index (χ3v) is 4.03. The third kappa shape index (κ3) is 1.96. The molecule has 2 heterocycles. The fraction of sp³-hybridized carbons (Fsp3) is 0.167. The highest BCUT2D eigenvalue weighted by Gasteiger charge is 2.32. The van der Waals surface area contributed by atoms with Crippen LogP contribution in [0.2, 0.25) is 0 Å². The van der Waals surface area contributed by atoms with Crippen LogP contribution in [0.3, 0.4) is 0 Å². The van der Waals surface area contributed by atoms with E-state index in [-0.39, 0.29) is 17.8 Å². The highest BCUT2D eigenvalue weighted by atomic mass is 32.2. The predicted molar refractivity (Wildman–Crippen MR) is 72.6 cm³/mol. The lowest BCUT2D eigenvalue weighted by atomic mass is 10.1. The summed E-state index contributed by atoms with van der Waals surface area (Å²) in [5.41, 5.74) is 2.08. The number of nitrogens with one attached hydrogen (secondary N) is 1. The van der Waals surface area contributed by atoms with Gasteiger partial charge in [0.05, 0.1) is 28.5 Å². The largest absolute Gasteiger partial charge is 0.390 e. The number of aliphatic hydroxyl groups excluding tert-OH is 1. The first-order chi connectivity index (χ1) is 9.20. The van der Waals surface area contributed by atoms with Crippen LogP contribution in [0.15, 0.2) is 41.6 Å². The Hall–Kier alpha value is -1.99. The molecule has 7 heteroatoms. The Morgan fingerprint density at radius 1 is 1.47 bits per heavy atom. The number of nitro benzene ring substituents is 1. The van der Waals surface area contributed by atoms with Crippen LogP contribution in [0.4, 0.5) is 5.69 Å². The predicted octanol–water partition coefficient (Wildman–Crippen LogP) is 1.66. The molecule has 0 radical (unpaired) electrons. The monoisotopic (exact) mass is 277 g/mol. The molecular formula is C12H11N3O3S. The van der Waals surface area contributed by atoms with Crippen molar-refractivity contribution in [2.45, 2.75) is 5.50 Å². The van der Waals surface area contributed by atoms with E-state index in [9.17, 15) is 15.2 Å². The Bertz CT molecular complexity index is 600. The van der Waals surface area contributed by atoms with Crippen LogP contribution in [0.25, 0.3) is 5.70 Å². The molecule has 19 heavy (non-hydrogen) atoms. The first-order valence-corrected chi connectivity index (χ1v) is 6.61. The van der Waals surface area contributed by atoms with Gasteiger partial charge in [-0.15, -0.1) is 0 Å². The minimum absolute atomic E-state index is 0.0306. The number of para-hydroxylation sites is 1. The maximum atomic E-state index is 11.0. The molecule has 0 unspecified atom stereocenters. The van der Waals surface area contributed by atoms with Crippen LogP contribution in [0.1, 0.15) is 5.56 Å². The van der Waals surface area contributed by atoms with Crippen molar-refractivity contribution in [2.75, 3.05) is 6.61 Å². The zero-order valence-corrected chi connectivity index (χ0v) is 10.6. The van der Waals surface area contributed by atoms with Gasteiger partial charge >= 0.3 is 0 Å². The van der Waals surface area contributed by atoms with Crippen molar-refractivity contribution >= 4 is 23.1 Å². The van der Waals surface area contributed by atoms with Crippen molar-refractivity contribution in [3.63, 3.8) is 0 Å². The van der Waals surface area contributed by atoms with Crippen LogP contribution < -0.4 is 5.32 Å². The molecule has 1 atom stereocenters. The zero-order chi connectivity index (χ0) is 13.4. The van der Waals surface area contributed by atoms with Crippen LogP contribution in [-0.4, -0.2) is 27.0 Å². The van der Waals surface area contributed by atoms with Crippen molar-refractivity contribution in [3.8, 4) is 0 Å². The fourth-order valence-electron chi connectivity index (χ4n) is 2.11. The number of hydrogen-bond donors (Lipinski definition) is 2. The lowest BCUT2D eigenvalue weighted by molar-refractivity contribution is -0.385. The van der Waals surface area contributed by atoms with Gasteiger partial charge in [0.1, 0.15) is 0 Å². The van der Waals surface area contributed by atoms with E-state index in [1.807, 2.05) is 10.3 Å². The van der Waals surface area contributed by atoms with Crippen molar-refractivity contribution in [1.29, 1.82) is 0 Å². The number of nitrogens with zero attached hydrogens (tertiary/aromatic N) is 2. The number of nitro groups is 1. The molecule has 1 aromatic carbocycles. The third-order valence-electron chi connectivity index (χ3n) is 3.02. The lowest BCUT2D eigenvalue weighted by Gasteiger charge is -2.17. The summed E-state index contributed by atoms with van der Waals surface area (Å²) in [6.07, 6.45) is 1.80. The van der Waals surface area contributed by atoms with Gasteiger partial charge in [0.15, 0.2) is 5.50 Å². The number of hydrogen-bond acceptors (Lipinski definition) is 6. The quantitative estimate of drug-likeness (QED) is 0.646. The van der Waals surface area contributed by atoms with E-state index in [4.69, 9.17) is 0 Å². The van der Waals surface area contributed by atoms with E-state index >= 15 is 0 Å². The van der Waals surface area contributed by atoms with Gasteiger partial charge in [0.2, 0.25) is 0 Å². The van der Waals surface area contributed by atoms with Gasteiger partial charge in [0, 0.05) is 12.3 Å². The summed E-state index contributed by atoms with van der Waals surface area (Å²) in [7, 11) is 0. The van der Waals surface area contributed by atoms with Crippen LogP contribution in [0.5, 0.6) is 0 Å². The molecule has 0 fully saturated rings. The molecule has 0 spiro atoms. The number of thioether (sulfide) groups is 1. The summed E-state index contributed by atoms with van der Waals surface area (Å²) in [5.74, 6) is 0. The SMILES string of the molecule is O=[N+]([O-])c1ccccc1C1=CN2C(CO)=CS[C@H]2N1. The van der Waals surface area contributed by atoms with Crippen LogP contribution in [0, 0.1) is 10.1 Å². The van der Waals surface area contributed by atoms with Crippen molar-refractivity contribution in [3.05, 3.63) is 57.2 Å². The molecule has 98 valence electrons. The highest BCUT2D eigenvalue weighted by Crippen LogP contribution is 2.37. The summed E-state index contributed by atoms with van der Waals surface area (Å²) in [5, 5.41) is 25.3. The van der Waals surface area contributed by atoms with Crippen LogP contribution in [-0.2, 0) is 0 Å². The molecular weight excluding hydrogens is 266 g/mol. The van der Waals surface area contributed by atoms with Crippen molar-refractivity contribution in [2.24, 2.45) is 0 Å². The minimum atomic E-state index is -0.392. The topological polar surface area (TPSA) is 78.6 Å². The highest BCUT2D eigenvalue weighted by molar-refractivity contribution is 8.02. The van der Waals surface area contributed by atoms with Gasteiger partial charge in [-0.2, -0.15) is 0 Å². The van der Waals surface area contributed by atoms with E-state index in [1.54, 1.807) is 24.4 Å². The average molecular weight is 277 g/mol. The average Bonchev–Trinajstić information content (AvgIpc) is 2.98. The summed E-state index contributed by atoms with van der Waals surface area (Å²) < 4.78 is 0. The molecule has 0 aliphatic carbocycles. The first-order valence-electron chi connectivity index (χ1n) is 5.66. The normalized spacial score (nSPS) is 20.7. The van der Waals surface area contributed by atoms with Crippen LogP contribution >= 0.6 is 11.8 Å². The maximum absolute atomic E-state index is 11.0. The molecule has 0 aromatic heterocycles.